The molecule has 1 atom stereocenters. The van der Waals surface area contributed by atoms with Crippen LogP contribution in [-0.2, 0) is 4.79 Å². The zero-order valence-corrected chi connectivity index (χ0v) is 10.0. The third kappa shape index (κ3) is 1.45. The Morgan fingerprint density at radius 2 is 2.00 bits per heavy atom. The van der Waals surface area contributed by atoms with Crippen LogP contribution >= 0.6 is 0 Å². The fraction of sp³-hybridized carbons (Fsp3) is 0.500. The highest BCUT2D eigenvalue weighted by molar-refractivity contribution is 5.87. The Morgan fingerprint density at radius 3 is 2.53 bits per heavy atom. The minimum atomic E-state index is -0.103. The zero-order valence-electron chi connectivity index (χ0n) is 10.0. The predicted molar refractivity (Wildman–Crippen MR) is 65.0 cm³/mol. The number of benzene rings is 1. The highest BCUT2D eigenvalue weighted by Gasteiger charge is 2.54. The van der Waals surface area contributed by atoms with E-state index in [0.717, 1.165) is 25.1 Å². The van der Waals surface area contributed by atoms with E-state index >= 15 is 0 Å². The summed E-state index contributed by atoms with van der Waals surface area (Å²) in [6, 6.07) is 8.13. The molecule has 3 nitrogen and oxygen atoms in total. The van der Waals surface area contributed by atoms with Gasteiger partial charge >= 0.3 is 0 Å². The Bertz CT molecular complexity index is 434. The average Bonchev–Trinajstić information content (AvgIpc) is 2.66. The fourth-order valence-electron chi connectivity index (χ4n) is 3.13. The van der Waals surface area contributed by atoms with Gasteiger partial charge in [0.2, 0.25) is 5.91 Å². The first kappa shape index (κ1) is 10.6. The molecule has 1 aromatic carbocycles. The molecule has 1 unspecified atom stereocenters. The second-order valence-corrected chi connectivity index (χ2v) is 5.05. The van der Waals surface area contributed by atoms with E-state index in [2.05, 4.69) is 17.4 Å². The maximum Gasteiger partial charge on any atom is 0.226 e. The number of rotatable bonds is 2. The molecule has 0 bridgehead atoms. The molecule has 1 heterocycles. The summed E-state index contributed by atoms with van der Waals surface area (Å²) in [5, 5.41) is 3.02. The third-order valence-corrected chi connectivity index (χ3v) is 4.35. The molecule has 0 aromatic heterocycles. The highest BCUT2D eigenvalue weighted by atomic mass is 16.5. The number of amides is 1. The van der Waals surface area contributed by atoms with Gasteiger partial charge in [0, 0.05) is 12.5 Å². The molecule has 1 aromatic rings. The van der Waals surface area contributed by atoms with Crippen molar-refractivity contribution in [2.45, 2.75) is 25.2 Å². The number of hydrogen-bond acceptors (Lipinski definition) is 2. The first-order valence-electron chi connectivity index (χ1n) is 6.18. The molecule has 1 amide bonds. The molecule has 1 saturated heterocycles. The summed E-state index contributed by atoms with van der Waals surface area (Å²) in [6.07, 6.45) is 3.26. The van der Waals surface area contributed by atoms with Crippen molar-refractivity contribution in [3.8, 4) is 5.75 Å². The van der Waals surface area contributed by atoms with Gasteiger partial charge in [0.05, 0.1) is 12.5 Å². The van der Waals surface area contributed by atoms with E-state index in [-0.39, 0.29) is 11.3 Å². The largest absolute Gasteiger partial charge is 0.497 e. The Hall–Kier alpha value is -1.51. The maximum absolute atomic E-state index is 11.9. The van der Waals surface area contributed by atoms with Crippen molar-refractivity contribution >= 4 is 5.91 Å². The second-order valence-electron chi connectivity index (χ2n) is 5.05. The smallest absolute Gasteiger partial charge is 0.226 e. The van der Waals surface area contributed by atoms with Crippen LogP contribution < -0.4 is 10.1 Å². The van der Waals surface area contributed by atoms with E-state index in [9.17, 15) is 4.79 Å². The van der Waals surface area contributed by atoms with Crippen LogP contribution in [0.2, 0.25) is 0 Å². The fourth-order valence-corrected chi connectivity index (χ4v) is 3.13. The Labute approximate surface area is 101 Å². The molecule has 3 heteroatoms. The van der Waals surface area contributed by atoms with Gasteiger partial charge in [-0.3, -0.25) is 4.79 Å². The van der Waals surface area contributed by atoms with E-state index in [1.54, 1.807) is 7.11 Å². The molecule has 1 spiro atoms. The van der Waals surface area contributed by atoms with Crippen LogP contribution in [0.5, 0.6) is 5.75 Å². The molecule has 1 aliphatic heterocycles. The molecule has 1 aliphatic carbocycles. The summed E-state index contributed by atoms with van der Waals surface area (Å²) in [6.45, 7) is 0.783. The molecule has 3 rings (SSSR count). The van der Waals surface area contributed by atoms with Crippen molar-refractivity contribution < 1.29 is 9.53 Å². The van der Waals surface area contributed by atoms with Crippen molar-refractivity contribution in [1.29, 1.82) is 0 Å². The summed E-state index contributed by atoms with van der Waals surface area (Å²) < 4.78 is 5.16. The van der Waals surface area contributed by atoms with Crippen LogP contribution in [0.25, 0.3) is 0 Å². The summed E-state index contributed by atoms with van der Waals surface area (Å²) >= 11 is 0. The van der Waals surface area contributed by atoms with Crippen molar-refractivity contribution in [2.24, 2.45) is 5.41 Å². The molecular formula is C14H17NO2. The van der Waals surface area contributed by atoms with Gasteiger partial charge < -0.3 is 10.1 Å². The zero-order chi connectivity index (χ0) is 11.9. The van der Waals surface area contributed by atoms with E-state index < -0.39 is 0 Å². The van der Waals surface area contributed by atoms with Gasteiger partial charge in [0.1, 0.15) is 5.75 Å². The van der Waals surface area contributed by atoms with Crippen LogP contribution in [0, 0.1) is 5.41 Å². The van der Waals surface area contributed by atoms with Gasteiger partial charge in [-0.05, 0) is 30.5 Å². The van der Waals surface area contributed by atoms with Crippen LogP contribution in [-0.4, -0.2) is 19.6 Å². The summed E-state index contributed by atoms with van der Waals surface area (Å²) in [5.74, 6) is 1.47. The lowest BCUT2D eigenvalue weighted by molar-refractivity contribution is -0.132. The van der Waals surface area contributed by atoms with Gasteiger partial charge in [-0.2, -0.15) is 0 Å². The molecule has 1 saturated carbocycles. The quantitative estimate of drug-likeness (QED) is 0.846. The third-order valence-electron chi connectivity index (χ3n) is 4.35. The van der Waals surface area contributed by atoms with Gasteiger partial charge in [-0.25, -0.2) is 0 Å². The minimum absolute atomic E-state index is 0.103. The monoisotopic (exact) mass is 231 g/mol. The summed E-state index contributed by atoms with van der Waals surface area (Å²) in [5.41, 5.74) is 1.15. The number of nitrogens with one attached hydrogen (secondary N) is 1. The number of ether oxygens (including phenoxy) is 1. The molecule has 17 heavy (non-hydrogen) atoms. The van der Waals surface area contributed by atoms with Gasteiger partial charge in [-0.1, -0.05) is 18.6 Å². The van der Waals surface area contributed by atoms with E-state index in [1.807, 2.05) is 12.1 Å². The summed E-state index contributed by atoms with van der Waals surface area (Å²) in [7, 11) is 1.67. The number of carbonyl (C=O) groups excluding carboxylic acids is 1. The standard InChI is InChI=1S/C14H17NO2/c1-17-11-5-3-10(4-6-11)12-9-15-13(16)14(12)7-2-8-14/h3-6,12H,2,7-9H2,1H3,(H,15,16). The SMILES string of the molecule is COc1ccc(C2CNC(=O)C23CCC3)cc1. The van der Waals surface area contributed by atoms with E-state index in [1.165, 1.54) is 12.0 Å². The first-order chi connectivity index (χ1) is 8.26. The summed E-state index contributed by atoms with van der Waals surface area (Å²) in [4.78, 5) is 11.9. The van der Waals surface area contributed by atoms with Crippen molar-refractivity contribution in [3.63, 3.8) is 0 Å². The molecule has 2 aliphatic rings. The first-order valence-corrected chi connectivity index (χ1v) is 6.18. The lowest BCUT2D eigenvalue weighted by Gasteiger charge is -2.40. The predicted octanol–water partition coefficient (Wildman–Crippen LogP) is 2.08. The van der Waals surface area contributed by atoms with E-state index in [4.69, 9.17) is 4.74 Å². The topological polar surface area (TPSA) is 38.3 Å². The average molecular weight is 231 g/mol. The number of methoxy groups -OCH3 is 1. The lowest BCUT2D eigenvalue weighted by Crippen LogP contribution is -2.40. The molecule has 0 radical (unpaired) electrons. The van der Waals surface area contributed by atoms with Crippen molar-refractivity contribution in [1.82, 2.24) is 5.32 Å². The Kier molecular flexibility index (Phi) is 2.35. The van der Waals surface area contributed by atoms with Crippen LogP contribution in [0.4, 0.5) is 0 Å². The molecule has 2 fully saturated rings. The minimum Gasteiger partial charge on any atom is -0.497 e. The molecular weight excluding hydrogens is 214 g/mol. The Morgan fingerprint density at radius 1 is 1.29 bits per heavy atom. The van der Waals surface area contributed by atoms with Crippen molar-refractivity contribution in [2.75, 3.05) is 13.7 Å². The number of hydrogen-bond donors (Lipinski definition) is 1. The van der Waals surface area contributed by atoms with Crippen LogP contribution in [0.3, 0.4) is 0 Å². The maximum atomic E-state index is 11.9. The number of carbonyl (C=O) groups is 1. The van der Waals surface area contributed by atoms with Gasteiger partial charge in [0.15, 0.2) is 0 Å². The van der Waals surface area contributed by atoms with Gasteiger partial charge in [0.25, 0.3) is 0 Å². The van der Waals surface area contributed by atoms with Crippen LogP contribution in [0.15, 0.2) is 24.3 Å². The normalized spacial score (nSPS) is 25.5. The Balaban J connectivity index is 1.90. The molecule has 1 N–H and O–H groups in total. The lowest BCUT2D eigenvalue weighted by atomic mass is 9.61. The van der Waals surface area contributed by atoms with Crippen LogP contribution in [0.1, 0.15) is 30.7 Å². The van der Waals surface area contributed by atoms with Crippen molar-refractivity contribution in [3.05, 3.63) is 29.8 Å². The second kappa shape index (κ2) is 3.76. The van der Waals surface area contributed by atoms with E-state index in [0.29, 0.717) is 5.92 Å². The van der Waals surface area contributed by atoms with Gasteiger partial charge in [-0.15, -0.1) is 0 Å². The molecule has 90 valence electrons. The highest BCUT2D eigenvalue weighted by Crippen LogP contribution is 2.54.